The quantitative estimate of drug-likeness (QED) is 0.833. The molecule has 100 valence electrons. The Hall–Kier alpha value is -1.49. The summed E-state index contributed by atoms with van der Waals surface area (Å²) in [6, 6.07) is 1.53. The molecule has 5 nitrogen and oxygen atoms in total. The van der Waals surface area contributed by atoms with Crippen molar-refractivity contribution in [3.8, 4) is 0 Å². The Balaban J connectivity index is 2.44. The minimum absolute atomic E-state index is 0.0643. The van der Waals surface area contributed by atoms with Crippen LogP contribution in [0.25, 0.3) is 0 Å². The molecule has 0 aliphatic rings. The summed E-state index contributed by atoms with van der Waals surface area (Å²) in [4.78, 5) is 22.2. The topological polar surface area (TPSA) is 71.3 Å². The number of halogens is 1. The molecule has 0 saturated carbocycles. The largest absolute Gasteiger partial charge is 0.481 e. The van der Waals surface area contributed by atoms with Gasteiger partial charge < -0.3 is 15.0 Å². The van der Waals surface area contributed by atoms with Gasteiger partial charge in [-0.15, -0.1) is 0 Å². The number of amides is 1. The molecule has 6 heteroatoms. The van der Waals surface area contributed by atoms with Crippen LogP contribution in [-0.2, 0) is 11.8 Å². The number of rotatable bonds is 6. The van der Waals surface area contributed by atoms with Gasteiger partial charge in [0.05, 0.1) is 5.02 Å². The summed E-state index contributed by atoms with van der Waals surface area (Å²) >= 11 is 5.80. The average molecular weight is 273 g/mol. The Morgan fingerprint density at radius 2 is 2.22 bits per heavy atom. The predicted octanol–water partition coefficient (Wildman–Crippen LogP) is 2.05. The smallest absolute Gasteiger partial charge is 0.303 e. The van der Waals surface area contributed by atoms with Gasteiger partial charge >= 0.3 is 5.97 Å². The van der Waals surface area contributed by atoms with Gasteiger partial charge in [-0.25, -0.2) is 0 Å². The summed E-state index contributed by atoms with van der Waals surface area (Å²) in [5.41, 5.74) is 0.491. The van der Waals surface area contributed by atoms with Gasteiger partial charge in [-0.1, -0.05) is 11.6 Å². The highest BCUT2D eigenvalue weighted by Crippen LogP contribution is 2.13. The highest BCUT2D eigenvalue weighted by molar-refractivity contribution is 6.31. The Morgan fingerprint density at radius 3 is 2.72 bits per heavy atom. The third-order valence-corrected chi connectivity index (χ3v) is 2.82. The second-order valence-corrected chi connectivity index (χ2v) is 4.75. The van der Waals surface area contributed by atoms with Crippen molar-refractivity contribution in [2.75, 3.05) is 0 Å². The van der Waals surface area contributed by atoms with Gasteiger partial charge in [0.25, 0.3) is 5.91 Å². The number of nitrogens with zero attached hydrogens (tertiary/aromatic N) is 1. The van der Waals surface area contributed by atoms with Crippen LogP contribution in [0.1, 0.15) is 36.7 Å². The van der Waals surface area contributed by atoms with Gasteiger partial charge in [0.1, 0.15) is 5.69 Å². The van der Waals surface area contributed by atoms with E-state index < -0.39 is 5.97 Å². The van der Waals surface area contributed by atoms with E-state index in [0.29, 0.717) is 23.6 Å². The Morgan fingerprint density at radius 1 is 1.56 bits per heavy atom. The van der Waals surface area contributed by atoms with E-state index in [0.717, 1.165) is 0 Å². The van der Waals surface area contributed by atoms with Crippen LogP contribution in [0.3, 0.4) is 0 Å². The molecule has 18 heavy (non-hydrogen) atoms. The van der Waals surface area contributed by atoms with E-state index in [4.69, 9.17) is 16.7 Å². The molecule has 1 unspecified atom stereocenters. The number of nitrogens with one attached hydrogen (secondary N) is 1. The van der Waals surface area contributed by atoms with E-state index in [1.54, 1.807) is 23.9 Å². The van der Waals surface area contributed by atoms with Gasteiger partial charge in [-0.05, 0) is 25.8 Å². The molecule has 1 heterocycles. The lowest BCUT2D eigenvalue weighted by molar-refractivity contribution is -0.137. The number of aliphatic carboxylic acids is 1. The SMILES string of the molecule is CC(CCCC(=O)O)NC(=O)c1cc(Cl)cn1C. The van der Waals surface area contributed by atoms with Crippen molar-refractivity contribution in [3.63, 3.8) is 0 Å². The van der Waals surface area contributed by atoms with Gasteiger partial charge in [0.2, 0.25) is 0 Å². The van der Waals surface area contributed by atoms with Gasteiger partial charge in [-0.3, -0.25) is 9.59 Å². The number of aromatic nitrogens is 1. The van der Waals surface area contributed by atoms with Gasteiger partial charge in [0.15, 0.2) is 0 Å². The van der Waals surface area contributed by atoms with Crippen molar-refractivity contribution in [2.45, 2.75) is 32.2 Å². The number of hydrogen-bond donors (Lipinski definition) is 2. The zero-order valence-corrected chi connectivity index (χ0v) is 11.2. The van der Waals surface area contributed by atoms with Crippen LogP contribution in [0.5, 0.6) is 0 Å². The molecular formula is C12H17ClN2O3. The fourth-order valence-electron chi connectivity index (χ4n) is 1.68. The predicted molar refractivity (Wildman–Crippen MR) is 68.8 cm³/mol. The number of carbonyl (C=O) groups is 2. The first-order valence-electron chi connectivity index (χ1n) is 5.74. The maximum Gasteiger partial charge on any atom is 0.303 e. The fourth-order valence-corrected chi connectivity index (χ4v) is 1.93. The molecule has 0 fully saturated rings. The van der Waals surface area contributed by atoms with Crippen LogP contribution in [0.2, 0.25) is 5.02 Å². The summed E-state index contributed by atoms with van der Waals surface area (Å²) < 4.78 is 1.65. The maximum absolute atomic E-state index is 11.9. The maximum atomic E-state index is 11.9. The van der Waals surface area contributed by atoms with Crippen LogP contribution < -0.4 is 5.32 Å². The lowest BCUT2D eigenvalue weighted by Crippen LogP contribution is -2.33. The van der Waals surface area contributed by atoms with Crippen molar-refractivity contribution in [3.05, 3.63) is 23.0 Å². The van der Waals surface area contributed by atoms with Gasteiger partial charge in [0, 0.05) is 25.7 Å². The minimum Gasteiger partial charge on any atom is -0.481 e. The molecule has 1 aromatic heterocycles. The van der Waals surface area contributed by atoms with Crippen LogP contribution in [0.15, 0.2) is 12.3 Å². The first kappa shape index (κ1) is 14.6. The van der Waals surface area contributed by atoms with Crippen LogP contribution in [0.4, 0.5) is 0 Å². The first-order valence-corrected chi connectivity index (χ1v) is 6.12. The first-order chi connectivity index (χ1) is 8.40. The lowest BCUT2D eigenvalue weighted by atomic mass is 10.1. The monoisotopic (exact) mass is 272 g/mol. The zero-order valence-electron chi connectivity index (χ0n) is 10.4. The van der Waals surface area contributed by atoms with Crippen molar-refractivity contribution in [1.82, 2.24) is 9.88 Å². The third-order valence-electron chi connectivity index (χ3n) is 2.61. The molecule has 0 aromatic carbocycles. The molecule has 1 amide bonds. The Labute approximate surface area is 111 Å². The van der Waals surface area contributed by atoms with Crippen molar-refractivity contribution >= 4 is 23.5 Å². The lowest BCUT2D eigenvalue weighted by Gasteiger charge is -2.13. The molecule has 1 atom stereocenters. The molecule has 0 radical (unpaired) electrons. The Bertz CT molecular complexity index is 443. The Kier molecular flexibility index (Phi) is 5.22. The number of carbonyl (C=O) groups excluding carboxylic acids is 1. The van der Waals surface area contributed by atoms with E-state index >= 15 is 0 Å². The summed E-state index contributed by atoms with van der Waals surface area (Å²) in [6.07, 6.45) is 2.96. The van der Waals surface area contributed by atoms with Crippen LogP contribution in [-0.4, -0.2) is 27.6 Å². The summed E-state index contributed by atoms with van der Waals surface area (Å²) in [5, 5.41) is 11.8. The number of aryl methyl sites for hydroxylation is 1. The second-order valence-electron chi connectivity index (χ2n) is 4.31. The zero-order chi connectivity index (χ0) is 13.7. The van der Waals surface area contributed by atoms with E-state index in [-0.39, 0.29) is 18.4 Å². The van der Waals surface area contributed by atoms with Crippen LogP contribution in [0, 0.1) is 0 Å². The van der Waals surface area contributed by atoms with Crippen molar-refractivity contribution in [1.29, 1.82) is 0 Å². The van der Waals surface area contributed by atoms with Crippen molar-refractivity contribution in [2.24, 2.45) is 7.05 Å². The molecule has 0 saturated heterocycles. The van der Waals surface area contributed by atoms with Crippen LogP contribution >= 0.6 is 11.6 Å². The molecule has 2 N–H and O–H groups in total. The second kappa shape index (κ2) is 6.44. The van der Waals surface area contributed by atoms with E-state index in [1.165, 1.54) is 0 Å². The molecule has 0 aliphatic heterocycles. The van der Waals surface area contributed by atoms with Crippen molar-refractivity contribution < 1.29 is 14.7 Å². The highest BCUT2D eigenvalue weighted by atomic mass is 35.5. The number of hydrogen-bond acceptors (Lipinski definition) is 2. The normalized spacial score (nSPS) is 12.2. The van der Waals surface area contributed by atoms with Gasteiger partial charge in [-0.2, -0.15) is 0 Å². The fraction of sp³-hybridized carbons (Fsp3) is 0.500. The molecule has 1 rings (SSSR count). The number of carboxylic acid groups (broad SMARTS) is 1. The molecule has 0 aliphatic carbocycles. The van der Waals surface area contributed by atoms with E-state index in [2.05, 4.69) is 5.32 Å². The standard InChI is InChI=1S/C12H17ClN2O3/c1-8(4-3-5-11(16)17)14-12(18)10-6-9(13)7-15(10)2/h6-8H,3-5H2,1-2H3,(H,14,18)(H,16,17). The average Bonchev–Trinajstić information content (AvgIpc) is 2.57. The summed E-state index contributed by atoms with van der Waals surface area (Å²) in [6.45, 7) is 1.85. The molecule has 1 aromatic rings. The molecule has 0 bridgehead atoms. The van der Waals surface area contributed by atoms with E-state index in [9.17, 15) is 9.59 Å². The summed E-state index contributed by atoms with van der Waals surface area (Å²) in [7, 11) is 1.75. The van der Waals surface area contributed by atoms with E-state index in [1.807, 2.05) is 6.92 Å². The molecular weight excluding hydrogens is 256 g/mol. The molecule has 0 spiro atoms. The third kappa shape index (κ3) is 4.41. The minimum atomic E-state index is -0.817. The highest BCUT2D eigenvalue weighted by Gasteiger charge is 2.13. The summed E-state index contributed by atoms with van der Waals surface area (Å²) in [5.74, 6) is -1.02. The number of carboxylic acids is 1.